The molecule has 0 bridgehead atoms. The number of pyridine rings is 1. The highest BCUT2D eigenvalue weighted by molar-refractivity contribution is 6.34. The second kappa shape index (κ2) is 10.4. The number of ether oxygens (including phenoxy) is 1. The normalized spacial score (nSPS) is 14.0. The van der Waals surface area contributed by atoms with Crippen molar-refractivity contribution in [3.63, 3.8) is 0 Å². The van der Waals surface area contributed by atoms with Crippen LogP contribution in [0.15, 0.2) is 30.3 Å². The van der Waals surface area contributed by atoms with Crippen LogP contribution >= 0.6 is 11.6 Å². The molecule has 8 heteroatoms. The van der Waals surface area contributed by atoms with E-state index in [4.69, 9.17) is 16.3 Å². The third kappa shape index (κ3) is 5.82. The first kappa shape index (κ1) is 22.7. The average Bonchev–Trinajstić information content (AvgIpc) is 2.75. The highest BCUT2D eigenvalue weighted by atomic mass is 35.5. The molecule has 0 spiro atoms. The van der Waals surface area contributed by atoms with Crippen LogP contribution in [0.5, 0.6) is 0 Å². The fourth-order valence-corrected chi connectivity index (χ4v) is 3.80. The number of halogens is 1. The fraction of sp³-hybridized carbons (Fsp3) is 0.391. The molecule has 1 aliphatic rings. The van der Waals surface area contributed by atoms with Crippen LogP contribution in [0, 0.1) is 6.92 Å². The van der Waals surface area contributed by atoms with E-state index in [1.807, 2.05) is 0 Å². The Morgan fingerprint density at radius 3 is 2.48 bits per heavy atom. The lowest BCUT2D eigenvalue weighted by Gasteiger charge is -2.23. The van der Waals surface area contributed by atoms with Gasteiger partial charge in [-0.05, 0) is 57.0 Å². The van der Waals surface area contributed by atoms with E-state index in [2.05, 4.69) is 15.6 Å². The summed E-state index contributed by atoms with van der Waals surface area (Å²) in [6, 6.07) is 7.88. The maximum absolute atomic E-state index is 12.7. The van der Waals surface area contributed by atoms with Crippen molar-refractivity contribution in [3.8, 4) is 0 Å². The Labute approximate surface area is 186 Å². The molecule has 0 aliphatic heterocycles. The summed E-state index contributed by atoms with van der Waals surface area (Å²) in [6.07, 6.45) is 5.34. The number of hydrogen-bond acceptors (Lipinski definition) is 5. The van der Waals surface area contributed by atoms with Gasteiger partial charge in [-0.15, -0.1) is 0 Å². The summed E-state index contributed by atoms with van der Waals surface area (Å²) in [5, 5.41) is 6.08. The lowest BCUT2D eigenvalue weighted by molar-refractivity contribution is 0.0524. The van der Waals surface area contributed by atoms with Crippen LogP contribution in [-0.2, 0) is 4.74 Å². The molecule has 1 fully saturated rings. The number of rotatable bonds is 6. The van der Waals surface area contributed by atoms with Gasteiger partial charge in [-0.1, -0.05) is 30.9 Å². The summed E-state index contributed by atoms with van der Waals surface area (Å²) in [6.45, 7) is 3.62. The topological polar surface area (TPSA) is 97.4 Å². The van der Waals surface area contributed by atoms with E-state index in [0.29, 0.717) is 27.5 Å². The molecular formula is C23H26ClN3O4. The molecule has 1 aliphatic carbocycles. The van der Waals surface area contributed by atoms with Crippen molar-refractivity contribution in [1.82, 2.24) is 10.3 Å². The molecule has 1 aromatic heterocycles. The van der Waals surface area contributed by atoms with Crippen molar-refractivity contribution in [3.05, 3.63) is 57.9 Å². The Morgan fingerprint density at radius 1 is 1.06 bits per heavy atom. The quantitative estimate of drug-likeness (QED) is 0.639. The SMILES string of the molecule is CCOC(=O)c1ccc(C(=O)Nc2ccc(Cl)c(C(=O)NC3CCCCC3)c2)nc1C. The Balaban J connectivity index is 1.71. The number of aryl methyl sites for hydroxylation is 1. The van der Waals surface area contributed by atoms with Crippen molar-refractivity contribution in [2.45, 2.75) is 52.0 Å². The molecule has 0 radical (unpaired) electrons. The van der Waals surface area contributed by atoms with Gasteiger partial charge in [0.05, 0.1) is 28.5 Å². The molecule has 2 N–H and O–H groups in total. The van der Waals surface area contributed by atoms with Crippen LogP contribution in [0.3, 0.4) is 0 Å². The molecule has 3 rings (SSSR count). The van der Waals surface area contributed by atoms with Gasteiger partial charge in [-0.3, -0.25) is 9.59 Å². The van der Waals surface area contributed by atoms with E-state index < -0.39 is 11.9 Å². The van der Waals surface area contributed by atoms with Gasteiger partial charge in [-0.25, -0.2) is 9.78 Å². The Bertz CT molecular complexity index is 987. The van der Waals surface area contributed by atoms with Gasteiger partial charge in [0, 0.05) is 11.7 Å². The van der Waals surface area contributed by atoms with E-state index >= 15 is 0 Å². The van der Waals surface area contributed by atoms with Gasteiger partial charge >= 0.3 is 5.97 Å². The maximum Gasteiger partial charge on any atom is 0.339 e. The number of anilines is 1. The number of nitrogens with one attached hydrogen (secondary N) is 2. The highest BCUT2D eigenvalue weighted by Crippen LogP contribution is 2.23. The van der Waals surface area contributed by atoms with Crippen molar-refractivity contribution >= 4 is 35.1 Å². The molecule has 0 atom stereocenters. The molecule has 1 saturated carbocycles. The molecule has 1 heterocycles. The monoisotopic (exact) mass is 443 g/mol. The van der Waals surface area contributed by atoms with Gasteiger partial charge in [0.1, 0.15) is 5.69 Å². The van der Waals surface area contributed by atoms with E-state index in [-0.39, 0.29) is 24.2 Å². The molecule has 0 unspecified atom stereocenters. The second-order valence-electron chi connectivity index (χ2n) is 7.51. The van der Waals surface area contributed by atoms with Crippen molar-refractivity contribution in [2.24, 2.45) is 0 Å². The van der Waals surface area contributed by atoms with Crippen LogP contribution in [0.2, 0.25) is 5.02 Å². The number of carbonyl (C=O) groups excluding carboxylic acids is 3. The van der Waals surface area contributed by atoms with E-state index in [1.54, 1.807) is 32.0 Å². The molecule has 164 valence electrons. The minimum absolute atomic E-state index is 0.147. The van der Waals surface area contributed by atoms with E-state index in [9.17, 15) is 14.4 Å². The number of nitrogens with zero attached hydrogens (tertiary/aromatic N) is 1. The fourth-order valence-electron chi connectivity index (χ4n) is 3.59. The number of benzene rings is 1. The zero-order valence-electron chi connectivity index (χ0n) is 17.7. The summed E-state index contributed by atoms with van der Waals surface area (Å²) in [5.41, 5.74) is 1.60. The second-order valence-corrected chi connectivity index (χ2v) is 7.91. The summed E-state index contributed by atoms with van der Waals surface area (Å²) in [4.78, 5) is 41.4. The zero-order valence-corrected chi connectivity index (χ0v) is 18.4. The van der Waals surface area contributed by atoms with Crippen LogP contribution < -0.4 is 10.6 Å². The van der Waals surface area contributed by atoms with Crippen molar-refractivity contribution in [2.75, 3.05) is 11.9 Å². The van der Waals surface area contributed by atoms with Crippen LogP contribution in [0.4, 0.5) is 5.69 Å². The van der Waals surface area contributed by atoms with Crippen molar-refractivity contribution < 1.29 is 19.1 Å². The standard InChI is InChI=1S/C23H26ClN3O4/c1-3-31-23(30)17-10-12-20(25-14(17)2)22(29)27-16-9-11-19(24)18(13-16)21(28)26-15-7-5-4-6-8-15/h9-13,15H,3-8H2,1-2H3,(H,26,28)(H,27,29). The summed E-state index contributed by atoms with van der Waals surface area (Å²) < 4.78 is 4.98. The summed E-state index contributed by atoms with van der Waals surface area (Å²) in [5.74, 6) is -1.19. The molecule has 2 amide bonds. The first-order chi connectivity index (χ1) is 14.9. The Kier molecular flexibility index (Phi) is 7.63. The molecule has 0 saturated heterocycles. The average molecular weight is 444 g/mol. The van der Waals surface area contributed by atoms with Gasteiger partial charge in [0.25, 0.3) is 11.8 Å². The van der Waals surface area contributed by atoms with Crippen LogP contribution in [0.1, 0.15) is 75.9 Å². The smallest absolute Gasteiger partial charge is 0.339 e. The number of esters is 1. The first-order valence-electron chi connectivity index (χ1n) is 10.5. The Hall–Kier alpha value is -2.93. The predicted molar refractivity (Wildman–Crippen MR) is 119 cm³/mol. The van der Waals surface area contributed by atoms with Gasteiger partial charge in [0.15, 0.2) is 0 Å². The summed E-state index contributed by atoms with van der Waals surface area (Å²) in [7, 11) is 0. The number of amides is 2. The van der Waals surface area contributed by atoms with Crippen molar-refractivity contribution in [1.29, 1.82) is 0 Å². The number of hydrogen-bond donors (Lipinski definition) is 2. The van der Waals surface area contributed by atoms with Crippen LogP contribution in [-0.4, -0.2) is 35.4 Å². The minimum atomic E-state index is -0.481. The zero-order chi connectivity index (χ0) is 22.4. The maximum atomic E-state index is 12.7. The van der Waals surface area contributed by atoms with Crippen LogP contribution in [0.25, 0.3) is 0 Å². The van der Waals surface area contributed by atoms with E-state index in [1.165, 1.54) is 18.6 Å². The number of aromatic nitrogens is 1. The predicted octanol–water partition coefficient (Wildman–Crippen LogP) is 4.53. The van der Waals surface area contributed by atoms with E-state index in [0.717, 1.165) is 25.7 Å². The lowest BCUT2D eigenvalue weighted by Crippen LogP contribution is -2.36. The van der Waals surface area contributed by atoms with Gasteiger partial charge in [0.2, 0.25) is 0 Å². The molecule has 2 aromatic rings. The molecule has 7 nitrogen and oxygen atoms in total. The minimum Gasteiger partial charge on any atom is -0.462 e. The Morgan fingerprint density at radius 2 is 1.81 bits per heavy atom. The lowest BCUT2D eigenvalue weighted by atomic mass is 9.95. The van der Waals surface area contributed by atoms with Gasteiger partial charge in [-0.2, -0.15) is 0 Å². The third-order valence-electron chi connectivity index (χ3n) is 5.22. The largest absolute Gasteiger partial charge is 0.462 e. The third-order valence-corrected chi connectivity index (χ3v) is 5.55. The van der Waals surface area contributed by atoms with Gasteiger partial charge < -0.3 is 15.4 Å². The molecule has 1 aromatic carbocycles. The summed E-state index contributed by atoms with van der Waals surface area (Å²) >= 11 is 6.23. The number of carbonyl (C=O) groups is 3. The molecular weight excluding hydrogens is 418 g/mol. The molecule has 31 heavy (non-hydrogen) atoms. The highest BCUT2D eigenvalue weighted by Gasteiger charge is 2.20. The first-order valence-corrected chi connectivity index (χ1v) is 10.8.